The molecule has 0 saturated heterocycles. The van der Waals surface area contributed by atoms with Gasteiger partial charge in [-0.1, -0.05) is 23.2 Å². The maximum atomic E-state index is 12.6. The number of fused-ring (bicyclic) bond motifs is 1. The number of ether oxygens (including phenoxy) is 1. The van der Waals surface area contributed by atoms with Crippen molar-refractivity contribution in [3.05, 3.63) is 46.3 Å². The highest BCUT2D eigenvalue weighted by Crippen LogP contribution is 2.31. The molecule has 0 aliphatic carbocycles. The molecule has 2 aromatic heterocycles. The summed E-state index contributed by atoms with van der Waals surface area (Å²) in [7, 11) is 0. The molecule has 114 valence electrons. The van der Waals surface area contributed by atoms with Crippen molar-refractivity contribution in [3.8, 4) is 11.4 Å². The molecule has 4 nitrogen and oxygen atoms in total. The molecule has 3 rings (SSSR count). The lowest BCUT2D eigenvalue weighted by Gasteiger charge is -2.12. The molecule has 0 spiro atoms. The second kappa shape index (κ2) is 5.70. The average Bonchev–Trinajstić information content (AvgIpc) is 2.77. The summed E-state index contributed by atoms with van der Waals surface area (Å²) in [6.45, 7) is -1.17. The first-order chi connectivity index (χ1) is 10.5. The van der Waals surface area contributed by atoms with Crippen LogP contribution in [0.15, 0.2) is 30.5 Å². The van der Waals surface area contributed by atoms with Gasteiger partial charge < -0.3 is 4.74 Å². The van der Waals surface area contributed by atoms with E-state index in [1.165, 1.54) is 22.9 Å². The summed E-state index contributed by atoms with van der Waals surface area (Å²) in [5.74, 6) is -0.0308. The minimum absolute atomic E-state index is 0.0308. The molecule has 1 aromatic carbocycles. The summed E-state index contributed by atoms with van der Waals surface area (Å²) in [4.78, 5) is 4.00. The largest absolute Gasteiger partial charge is 0.433 e. The van der Waals surface area contributed by atoms with Crippen LogP contribution in [0.5, 0.6) is 5.75 Å². The lowest BCUT2D eigenvalue weighted by molar-refractivity contribution is -0.0498. The van der Waals surface area contributed by atoms with Crippen LogP contribution in [0.4, 0.5) is 8.78 Å². The molecule has 0 radical (unpaired) electrons. The SMILES string of the molecule is Cc1nn(-c2cc(Cl)ccc2OC(F)F)c2cc(Cl)ncc12. The lowest BCUT2D eigenvalue weighted by Crippen LogP contribution is -2.07. The fraction of sp³-hybridized carbons (Fsp3) is 0.143. The molecule has 0 aliphatic rings. The Morgan fingerprint density at radius 3 is 2.73 bits per heavy atom. The smallest absolute Gasteiger partial charge is 0.387 e. The minimum Gasteiger partial charge on any atom is -0.433 e. The highest BCUT2D eigenvalue weighted by atomic mass is 35.5. The lowest BCUT2D eigenvalue weighted by atomic mass is 10.2. The van der Waals surface area contributed by atoms with Gasteiger partial charge in [-0.2, -0.15) is 13.9 Å². The Labute approximate surface area is 134 Å². The first-order valence-corrected chi connectivity index (χ1v) is 6.97. The Bertz CT molecular complexity index is 851. The van der Waals surface area contributed by atoms with Crippen molar-refractivity contribution < 1.29 is 13.5 Å². The third kappa shape index (κ3) is 2.71. The number of benzene rings is 1. The Morgan fingerprint density at radius 1 is 1.23 bits per heavy atom. The van der Waals surface area contributed by atoms with Crippen LogP contribution < -0.4 is 4.74 Å². The van der Waals surface area contributed by atoms with E-state index in [0.29, 0.717) is 21.9 Å². The molecule has 0 saturated carbocycles. The topological polar surface area (TPSA) is 39.9 Å². The quantitative estimate of drug-likeness (QED) is 0.650. The van der Waals surface area contributed by atoms with Gasteiger partial charge in [0.2, 0.25) is 0 Å². The van der Waals surface area contributed by atoms with E-state index in [9.17, 15) is 8.78 Å². The summed E-state index contributed by atoms with van der Waals surface area (Å²) in [5.41, 5.74) is 1.61. The molecule has 22 heavy (non-hydrogen) atoms. The van der Waals surface area contributed by atoms with E-state index in [2.05, 4.69) is 14.8 Å². The number of hydrogen-bond donors (Lipinski definition) is 0. The predicted molar refractivity (Wildman–Crippen MR) is 80.3 cm³/mol. The van der Waals surface area contributed by atoms with Gasteiger partial charge in [0.15, 0.2) is 5.75 Å². The molecule has 0 fully saturated rings. The van der Waals surface area contributed by atoms with Crippen molar-refractivity contribution in [2.75, 3.05) is 0 Å². The van der Waals surface area contributed by atoms with E-state index in [4.69, 9.17) is 23.2 Å². The summed E-state index contributed by atoms with van der Waals surface area (Å²) in [5, 5.41) is 5.75. The van der Waals surface area contributed by atoms with E-state index in [1.807, 2.05) is 0 Å². The highest BCUT2D eigenvalue weighted by molar-refractivity contribution is 6.31. The summed E-state index contributed by atoms with van der Waals surface area (Å²) >= 11 is 11.9. The molecular formula is C14H9Cl2F2N3O. The molecule has 2 heterocycles. The molecule has 3 aromatic rings. The van der Waals surface area contributed by atoms with E-state index in [1.54, 1.807) is 19.2 Å². The van der Waals surface area contributed by atoms with E-state index in [-0.39, 0.29) is 10.9 Å². The molecule has 0 atom stereocenters. The Hall–Kier alpha value is -1.92. The van der Waals surface area contributed by atoms with Crippen molar-refractivity contribution in [2.45, 2.75) is 13.5 Å². The fourth-order valence-corrected chi connectivity index (χ4v) is 2.49. The first kappa shape index (κ1) is 15.0. The number of pyridine rings is 1. The van der Waals surface area contributed by atoms with Crippen molar-refractivity contribution >= 4 is 34.1 Å². The van der Waals surface area contributed by atoms with Crippen molar-refractivity contribution in [1.29, 1.82) is 0 Å². The fourth-order valence-electron chi connectivity index (χ4n) is 2.17. The van der Waals surface area contributed by atoms with Gasteiger partial charge >= 0.3 is 6.61 Å². The number of nitrogens with zero attached hydrogens (tertiary/aromatic N) is 3. The number of halogens is 4. The van der Waals surface area contributed by atoms with E-state index < -0.39 is 6.61 Å². The maximum Gasteiger partial charge on any atom is 0.387 e. The zero-order valence-corrected chi connectivity index (χ0v) is 12.7. The van der Waals surface area contributed by atoms with Crippen molar-refractivity contribution in [2.24, 2.45) is 0 Å². The van der Waals surface area contributed by atoms with Gasteiger partial charge in [0.05, 0.1) is 11.2 Å². The van der Waals surface area contributed by atoms with Crippen LogP contribution in [-0.2, 0) is 0 Å². The van der Waals surface area contributed by atoms with Gasteiger partial charge in [0.1, 0.15) is 10.8 Å². The Balaban J connectivity index is 2.27. The first-order valence-electron chi connectivity index (χ1n) is 6.21. The predicted octanol–water partition coefficient (Wildman–Crippen LogP) is 4.64. The number of hydrogen-bond acceptors (Lipinski definition) is 3. The molecule has 0 amide bonds. The number of aromatic nitrogens is 3. The van der Waals surface area contributed by atoms with E-state index in [0.717, 1.165) is 5.39 Å². The van der Waals surface area contributed by atoms with Crippen LogP contribution in [-0.4, -0.2) is 21.4 Å². The molecule has 0 aliphatic heterocycles. The minimum atomic E-state index is -2.95. The summed E-state index contributed by atoms with van der Waals surface area (Å²) in [6.07, 6.45) is 1.58. The number of rotatable bonds is 3. The molecule has 0 unspecified atom stereocenters. The van der Waals surface area contributed by atoms with Gasteiger partial charge in [0, 0.05) is 22.7 Å². The summed E-state index contributed by atoms with van der Waals surface area (Å²) < 4.78 is 31.2. The van der Waals surface area contributed by atoms with Crippen LogP contribution in [0.1, 0.15) is 5.69 Å². The third-order valence-electron chi connectivity index (χ3n) is 3.08. The molecular weight excluding hydrogens is 335 g/mol. The van der Waals surface area contributed by atoms with Crippen LogP contribution in [0.25, 0.3) is 16.6 Å². The average molecular weight is 344 g/mol. The van der Waals surface area contributed by atoms with Gasteiger partial charge in [-0.25, -0.2) is 9.67 Å². The Kier molecular flexibility index (Phi) is 3.88. The van der Waals surface area contributed by atoms with Crippen molar-refractivity contribution in [3.63, 3.8) is 0 Å². The maximum absolute atomic E-state index is 12.6. The van der Waals surface area contributed by atoms with Crippen LogP contribution in [0, 0.1) is 6.92 Å². The molecule has 8 heteroatoms. The molecule has 0 bridgehead atoms. The third-order valence-corrected chi connectivity index (χ3v) is 3.52. The zero-order valence-electron chi connectivity index (χ0n) is 11.2. The number of alkyl halides is 2. The second-order valence-corrected chi connectivity index (χ2v) is 5.34. The van der Waals surface area contributed by atoms with Crippen LogP contribution >= 0.6 is 23.2 Å². The molecule has 0 N–H and O–H groups in total. The van der Waals surface area contributed by atoms with Crippen LogP contribution in [0.3, 0.4) is 0 Å². The summed E-state index contributed by atoms with van der Waals surface area (Å²) in [6, 6.07) is 5.94. The van der Waals surface area contributed by atoms with Crippen LogP contribution in [0.2, 0.25) is 10.2 Å². The van der Waals surface area contributed by atoms with Gasteiger partial charge in [-0.05, 0) is 25.1 Å². The second-order valence-electron chi connectivity index (χ2n) is 4.51. The monoisotopic (exact) mass is 343 g/mol. The standard InChI is InChI=1S/C14H9Cl2F2N3O/c1-7-9-6-19-13(16)5-10(9)21(20-7)11-4-8(15)2-3-12(11)22-14(17)18/h2-6,14H,1H3. The highest BCUT2D eigenvalue weighted by Gasteiger charge is 2.16. The number of aryl methyl sites for hydroxylation is 1. The van der Waals surface area contributed by atoms with Crippen molar-refractivity contribution in [1.82, 2.24) is 14.8 Å². The van der Waals surface area contributed by atoms with Gasteiger partial charge in [-0.15, -0.1) is 0 Å². The Morgan fingerprint density at radius 2 is 2.00 bits per heavy atom. The van der Waals surface area contributed by atoms with Gasteiger partial charge in [0.25, 0.3) is 0 Å². The normalized spacial score (nSPS) is 11.4. The zero-order chi connectivity index (χ0) is 15.9. The van der Waals surface area contributed by atoms with E-state index >= 15 is 0 Å². The van der Waals surface area contributed by atoms with Gasteiger partial charge in [-0.3, -0.25) is 0 Å².